The Balaban J connectivity index is 1.27. The van der Waals surface area contributed by atoms with Crippen LogP contribution < -0.4 is 10.2 Å². The Bertz CT molecular complexity index is 1130. The second-order valence-corrected chi connectivity index (χ2v) is 8.91. The summed E-state index contributed by atoms with van der Waals surface area (Å²) < 4.78 is 15.2. The summed E-state index contributed by atoms with van der Waals surface area (Å²) in [7, 11) is 1.68. The molecule has 0 unspecified atom stereocenters. The summed E-state index contributed by atoms with van der Waals surface area (Å²) in [5, 5.41) is 34.5. The third kappa shape index (κ3) is 3.36. The van der Waals surface area contributed by atoms with Crippen molar-refractivity contribution >= 4 is 5.82 Å². The van der Waals surface area contributed by atoms with Gasteiger partial charge in [0, 0.05) is 23.7 Å². The van der Waals surface area contributed by atoms with E-state index in [1.165, 1.54) is 4.80 Å². The number of piperidine rings is 1. The van der Waals surface area contributed by atoms with E-state index in [0.29, 0.717) is 40.7 Å². The smallest absolute Gasteiger partial charge is 0.205 e. The minimum atomic E-state index is -0.929. The maximum atomic E-state index is 15.2. The number of tetrazole rings is 1. The molecule has 0 radical (unpaired) electrons. The summed E-state index contributed by atoms with van der Waals surface area (Å²) in [6.45, 7) is 0. The number of anilines is 1. The Morgan fingerprint density at radius 1 is 1.12 bits per heavy atom. The summed E-state index contributed by atoms with van der Waals surface area (Å²) in [4.78, 5) is 7.91. The van der Waals surface area contributed by atoms with Gasteiger partial charge in [-0.15, -0.1) is 20.4 Å². The third-order valence-corrected chi connectivity index (χ3v) is 6.67. The van der Waals surface area contributed by atoms with Crippen LogP contribution in [-0.4, -0.2) is 70.8 Å². The number of phenolic OH excluding ortho intramolecular Hbond substituents is 1. The summed E-state index contributed by atoms with van der Waals surface area (Å²) in [5.74, 6) is 1.33. The van der Waals surface area contributed by atoms with Crippen LogP contribution in [0.1, 0.15) is 32.1 Å². The van der Waals surface area contributed by atoms with E-state index in [9.17, 15) is 5.11 Å². The van der Waals surface area contributed by atoms with Crippen molar-refractivity contribution in [2.75, 3.05) is 4.90 Å². The summed E-state index contributed by atoms with van der Waals surface area (Å²) >= 11 is 0. The van der Waals surface area contributed by atoms with Gasteiger partial charge >= 0.3 is 0 Å². The second-order valence-electron chi connectivity index (χ2n) is 8.91. The van der Waals surface area contributed by atoms with Crippen LogP contribution in [0.15, 0.2) is 24.4 Å². The number of aromatic hydroxyl groups is 1. The zero-order chi connectivity index (χ0) is 21.8. The fraction of sp³-hybridized carbons (Fsp3) is 0.524. The highest BCUT2D eigenvalue weighted by Crippen LogP contribution is 2.40. The molecular weight excluding hydrogens is 413 g/mol. The Morgan fingerprint density at radius 2 is 2.00 bits per heavy atom. The van der Waals surface area contributed by atoms with Gasteiger partial charge in [-0.05, 0) is 49.5 Å². The summed E-state index contributed by atoms with van der Waals surface area (Å²) in [5.41, 5.74) is 1.09. The molecule has 2 bridgehead atoms. The minimum absolute atomic E-state index is 0.00213. The van der Waals surface area contributed by atoms with Crippen molar-refractivity contribution in [3.63, 3.8) is 0 Å². The van der Waals surface area contributed by atoms with Gasteiger partial charge in [-0.3, -0.25) is 0 Å². The van der Waals surface area contributed by atoms with Crippen LogP contribution in [0.2, 0.25) is 0 Å². The minimum Gasteiger partial charge on any atom is -0.507 e. The van der Waals surface area contributed by atoms with Crippen LogP contribution in [-0.2, 0) is 7.05 Å². The van der Waals surface area contributed by atoms with Gasteiger partial charge < -0.3 is 15.3 Å². The Kier molecular flexibility index (Phi) is 4.53. The molecule has 4 heterocycles. The van der Waals surface area contributed by atoms with Crippen molar-refractivity contribution in [3.8, 4) is 28.5 Å². The van der Waals surface area contributed by atoms with Crippen LogP contribution in [0, 0.1) is 0 Å². The predicted molar refractivity (Wildman–Crippen MR) is 113 cm³/mol. The summed E-state index contributed by atoms with van der Waals surface area (Å²) in [6, 6.07) is 5.44. The number of alkyl halides is 1. The molecule has 3 aliphatic rings. The number of fused-ring (bicyclic) bond motifs is 2. The first-order valence-corrected chi connectivity index (χ1v) is 11.0. The van der Waals surface area contributed by atoms with Gasteiger partial charge in [0.1, 0.15) is 11.9 Å². The molecule has 1 aromatic carbocycles. The van der Waals surface area contributed by atoms with E-state index in [4.69, 9.17) is 0 Å². The molecule has 6 rings (SSSR count). The monoisotopic (exact) mass is 437 g/mol. The van der Waals surface area contributed by atoms with Gasteiger partial charge in [0.2, 0.25) is 5.82 Å². The first-order valence-electron chi connectivity index (χ1n) is 11.0. The van der Waals surface area contributed by atoms with Crippen LogP contribution in [0.4, 0.5) is 10.2 Å². The molecule has 11 heteroatoms. The normalized spacial score (nSPS) is 26.9. The first kappa shape index (κ1) is 19.5. The number of halogens is 1. The Labute approximate surface area is 183 Å². The molecule has 166 valence electrons. The van der Waals surface area contributed by atoms with Crippen molar-refractivity contribution in [2.45, 2.75) is 62.4 Å². The van der Waals surface area contributed by atoms with Crippen LogP contribution in [0.5, 0.6) is 5.75 Å². The molecule has 2 aromatic heterocycles. The number of nitrogens with zero attached hydrogens (tertiary/aromatic N) is 8. The number of rotatable bonds is 5. The van der Waals surface area contributed by atoms with E-state index in [-0.39, 0.29) is 17.8 Å². The van der Waals surface area contributed by atoms with Gasteiger partial charge in [-0.25, -0.2) is 9.37 Å². The lowest BCUT2D eigenvalue weighted by Gasteiger charge is -2.40. The molecule has 3 aromatic rings. The Hall–Kier alpha value is -3.21. The fourth-order valence-corrected chi connectivity index (χ4v) is 4.99. The molecule has 32 heavy (non-hydrogen) atoms. The SMILES string of the molecule is Cn1nnc(-c2ccc(-c3ncc(N(C4CC4)[C@H]4C[C@H]5CC[C@H](N5)[C@H]4F)nn3)c(O)c2)n1. The lowest BCUT2D eigenvalue weighted by atomic mass is 9.96. The van der Waals surface area contributed by atoms with Gasteiger partial charge in [-0.1, -0.05) is 6.07 Å². The van der Waals surface area contributed by atoms with Gasteiger partial charge in [0.15, 0.2) is 11.6 Å². The molecule has 2 aliphatic heterocycles. The van der Waals surface area contributed by atoms with Crippen molar-refractivity contribution in [1.82, 2.24) is 40.7 Å². The molecule has 3 fully saturated rings. The quantitative estimate of drug-likeness (QED) is 0.614. The van der Waals surface area contributed by atoms with Crippen LogP contribution in [0.3, 0.4) is 0 Å². The third-order valence-electron chi connectivity index (χ3n) is 6.67. The number of hydrogen-bond acceptors (Lipinski definition) is 9. The highest BCUT2D eigenvalue weighted by Gasteiger charge is 2.48. The fourth-order valence-electron chi connectivity index (χ4n) is 4.99. The van der Waals surface area contributed by atoms with E-state index in [2.05, 4.69) is 40.8 Å². The molecule has 10 nitrogen and oxygen atoms in total. The average molecular weight is 437 g/mol. The topological polar surface area (TPSA) is 118 Å². The van der Waals surface area contributed by atoms with E-state index < -0.39 is 6.17 Å². The second kappa shape index (κ2) is 7.44. The number of aryl methyl sites for hydroxylation is 1. The van der Waals surface area contributed by atoms with Crippen LogP contribution in [0.25, 0.3) is 22.8 Å². The Morgan fingerprint density at radius 3 is 2.69 bits per heavy atom. The zero-order valence-electron chi connectivity index (χ0n) is 17.6. The van der Waals surface area contributed by atoms with Gasteiger partial charge in [-0.2, -0.15) is 4.80 Å². The van der Waals surface area contributed by atoms with Crippen LogP contribution >= 0.6 is 0 Å². The molecule has 1 aliphatic carbocycles. The lowest BCUT2D eigenvalue weighted by Crippen LogP contribution is -2.57. The first-order chi connectivity index (χ1) is 15.6. The molecule has 0 amide bonds. The largest absolute Gasteiger partial charge is 0.507 e. The van der Waals surface area contributed by atoms with Gasteiger partial charge in [0.25, 0.3) is 0 Å². The van der Waals surface area contributed by atoms with Crippen molar-refractivity contribution in [2.24, 2.45) is 7.05 Å². The molecule has 2 saturated heterocycles. The average Bonchev–Trinajstić information content (AvgIpc) is 3.39. The molecule has 4 atom stereocenters. The number of nitrogens with one attached hydrogen (secondary N) is 1. The van der Waals surface area contributed by atoms with E-state index in [1.807, 2.05) is 0 Å². The maximum Gasteiger partial charge on any atom is 0.205 e. The number of aromatic nitrogens is 7. The lowest BCUT2D eigenvalue weighted by molar-refractivity contribution is 0.171. The van der Waals surface area contributed by atoms with Crippen molar-refractivity contribution < 1.29 is 9.50 Å². The van der Waals surface area contributed by atoms with Crippen molar-refractivity contribution in [1.29, 1.82) is 0 Å². The van der Waals surface area contributed by atoms with E-state index in [1.54, 1.807) is 31.4 Å². The zero-order valence-corrected chi connectivity index (χ0v) is 17.6. The molecule has 1 saturated carbocycles. The standard InChI is InChI=1S/C21H24FN9O/c1-30-28-20(27-29-30)11-2-6-14(17(32)8-11)21-23-10-18(25-26-21)31(13-4-5-13)16-9-12-3-7-15(24-12)19(16)22/h2,6,8,10,12-13,15-16,19,24,32H,3-5,7,9H2,1H3/t12-,15+,16+,19-/m1/s1. The highest BCUT2D eigenvalue weighted by atomic mass is 19.1. The summed E-state index contributed by atoms with van der Waals surface area (Å²) in [6.07, 6.45) is 5.49. The van der Waals surface area contributed by atoms with Gasteiger partial charge in [0.05, 0.1) is 24.8 Å². The van der Waals surface area contributed by atoms with E-state index in [0.717, 1.165) is 32.1 Å². The molecule has 2 N–H and O–H groups in total. The maximum absolute atomic E-state index is 15.2. The number of benzene rings is 1. The van der Waals surface area contributed by atoms with Crippen molar-refractivity contribution in [3.05, 3.63) is 24.4 Å². The predicted octanol–water partition coefficient (Wildman–Crippen LogP) is 1.63. The number of phenols is 1. The number of hydrogen-bond donors (Lipinski definition) is 2. The molecule has 0 spiro atoms. The van der Waals surface area contributed by atoms with E-state index >= 15 is 4.39 Å². The molecular formula is C21H24FN9O. The highest BCUT2D eigenvalue weighted by molar-refractivity contribution is 5.70.